The van der Waals surface area contributed by atoms with E-state index in [0.29, 0.717) is 6.04 Å². The lowest BCUT2D eigenvalue weighted by molar-refractivity contribution is 0.0164. The molecule has 1 amide bonds. The summed E-state index contributed by atoms with van der Waals surface area (Å²) in [6.45, 7) is 23.3. The molecule has 0 saturated carbocycles. The summed E-state index contributed by atoms with van der Waals surface area (Å²) in [5.41, 5.74) is 5.72. The van der Waals surface area contributed by atoms with Crippen molar-refractivity contribution in [3.63, 3.8) is 0 Å². The second-order valence-corrected chi connectivity index (χ2v) is 10.1. The van der Waals surface area contributed by atoms with Crippen LogP contribution in [0.15, 0.2) is 12.1 Å². The molecule has 0 radical (unpaired) electrons. The molecule has 1 spiro atoms. The van der Waals surface area contributed by atoms with Gasteiger partial charge in [0.25, 0.3) is 0 Å². The number of carbonyl (C=O) groups is 1. The van der Waals surface area contributed by atoms with E-state index in [-0.39, 0.29) is 11.5 Å². The van der Waals surface area contributed by atoms with Crippen LogP contribution in [0.4, 0.5) is 4.79 Å². The molecule has 1 aliphatic carbocycles. The molecule has 1 aliphatic heterocycles. The Hall–Kier alpha value is -1.59. The topological polar surface area (TPSA) is 61.8 Å². The average Bonchev–Trinajstić information content (AvgIpc) is 3.08. The lowest BCUT2D eigenvalue weighted by Crippen LogP contribution is -2.46. The molecule has 5 heteroatoms. The molecule has 5 nitrogen and oxygen atoms in total. The van der Waals surface area contributed by atoms with Crippen LogP contribution in [-0.4, -0.2) is 54.5 Å². The number of benzene rings is 1. The van der Waals surface area contributed by atoms with Gasteiger partial charge in [0.2, 0.25) is 0 Å². The third kappa shape index (κ3) is 9.66. The van der Waals surface area contributed by atoms with E-state index in [1.165, 1.54) is 29.5 Å². The summed E-state index contributed by atoms with van der Waals surface area (Å²) in [7, 11) is 1.00. The van der Waals surface area contributed by atoms with Crippen molar-refractivity contribution in [1.82, 2.24) is 10.2 Å². The van der Waals surface area contributed by atoms with Crippen LogP contribution in [-0.2, 0) is 16.6 Å². The van der Waals surface area contributed by atoms with Crippen LogP contribution in [0.5, 0.6) is 0 Å². The first-order valence-corrected chi connectivity index (χ1v) is 12.7. The number of aryl methyl sites for hydroxylation is 3. The molecule has 0 atom stereocenters. The Balaban J connectivity index is 0.000000880. The van der Waals surface area contributed by atoms with Gasteiger partial charge in [-0.05, 0) is 94.5 Å². The minimum absolute atomic E-state index is 0.161. The van der Waals surface area contributed by atoms with Gasteiger partial charge in [0.1, 0.15) is 5.60 Å². The zero-order chi connectivity index (χ0) is 25.8. The van der Waals surface area contributed by atoms with Crippen molar-refractivity contribution in [2.75, 3.05) is 26.7 Å². The molecule has 3 rings (SSSR count). The second-order valence-electron chi connectivity index (χ2n) is 10.1. The quantitative estimate of drug-likeness (QED) is 0.550. The number of aliphatic hydroxyl groups is 1. The summed E-state index contributed by atoms with van der Waals surface area (Å²) in [5.74, 6) is 0. The minimum Gasteiger partial charge on any atom is -0.444 e. The number of carbonyl (C=O) groups excluding carboxylic acids is 1. The molecule has 0 bridgehead atoms. The number of aliphatic hydroxyl groups excluding tert-OH is 1. The van der Waals surface area contributed by atoms with Gasteiger partial charge in [-0.1, -0.05) is 46.8 Å². The van der Waals surface area contributed by atoms with Gasteiger partial charge < -0.3 is 20.1 Å². The van der Waals surface area contributed by atoms with Crippen molar-refractivity contribution in [3.05, 3.63) is 34.4 Å². The van der Waals surface area contributed by atoms with Gasteiger partial charge in [0, 0.05) is 26.2 Å². The van der Waals surface area contributed by atoms with Gasteiger partial charge in [-0.2, -0.15) is 0 Å². The van der Waals surface area contributed by atoms with Gasteiger partial charge in [-0.3, -0.25) is 0 Å². The Labute approximate surface area is 204 Å². The first-order chi connectivity index (χ1) is 15.5. The number of nitrogens with zero attached hydrogens (tertiary/aromatic N) is 1. The highest BCUT2D eigenvalue weighted by atomic mass is 16.6. The molecule has 192 valence electrons. The normalized spacial score (nSPS) is 16.0. The van der Waals surface area contributed by atoms with Crippen LogP contribution in [0.2, 0.25) is 0 Å². The maximum absolute atomic E-state index is 12.3. The van der Waals surface area contributed by atoms with Crippen molar-refractivity contribution in [3.8, 4) is 0 Å². The molecule has 1 heterocycles. The SMILES string of the molecule is CC.CCNC(C)C.CO.Cc1cc2c(cc1C)C1(CC2)CCN(C(=O)OC(C)(C)C)CC1. The Kier molecular flexibility index (Phi) is 13.9. The number of amides is 1. The van der Waals surface area contributed by atoms with Crippen molar-refractivity contribution in [1.29, 1.82) is 0 Å². The monoisotopic (exact) mass is 464 g/mol. The Morgan fingerprint density at radius 1 is 1.09 bits per heavy atom. The summed E-state index contributed by atoms with van der Waals surface area (Å²) in [5, 5.41) is 10.2. The summed E-state index contributed by atoms with van der Waals surface area (Å²) in [6.07, 6.45) is 4.37. The molecular formula is C28H52N2O3. The van der Waals surface area contributed by atoms with E-state index in [0.717, 1.165) is 39.6 Å². The van der Waals surface area contributed by atoms with Gasteiger partial charge >= 0.3 is 6.09 Å². The number of piperidine rings is 1. The van der Waals surface area contributed by atoms with Gasteiger partial charge in [-0.25, -0.2) is 4.79 Å². The number of fused-ring (bicyclic) bond motifs is 2. The van der Waals surface area contributed by atoms with Crippen molar-refractivity contribution >= 4 is 6.09 Å². The molecule has 1 saturated heterocycles. The van der Waals surface area contributed by atoms with Gasteiger partial charge in [0.05, 0.1) is 0 Å². The van der Waals surface area contributed by atoms with Crippen molar-refractivity contribution in [2.45, 2.75) is 112 Å². The maximum atomic E-state index is 12.3. The van der Waals surface area contributed by atoms with E-state index < -0.39 is 5.60 Å². The van der Waals surface area contributed by atoms with Crippen LogP contribution >= 0.6 is 0 Å². The second kappa shape index (κ2) is 14.6. The van der Waals surface area contributed by atoms with E-state index in [2.05, 4.69) is 52.1 Å². The van der Waals surface area contributed by atoms with Crippen molar-refractivity contribution < 1.29 is 14.6 Å². The zero-order valence-electron chi connectivity index (χ0n) is 23.4. The van der Waals surface area contributed by atoms with E-state index in [9.17, 15) is 4.79 Å². The molecule has 2 aliphatic rings. The molecular weight excluding hydrogens is 412 g/mol. The average molecular weight is 465 g/mol. The Morgan fingerprint density at radius 2 is 1.61 bits per heavy atom. The summed E-state index contributed by atoms with van der Waals surface area (Å²) >= 11 is 0. The fourth-order valence-electron chi connectivity index (χ4n) is 4.46. The van der Waals surface area contributed by atoms with Crippen LogP contribution in [0, 0.1) is 13.8 Å². The first kappa shape index (κ1) is 31.4. The van der Waals surface area contributed by atoms with E-state index in [1.54, 1.807) is 5.56 Å². The highest BCUT2D eigenvalue weighted by molar-refractivity contribution is 5.68. The predicted octanol–water partition coefficient (Wildman–Crippen LogP) is 6.16. The maximum Gasteiger partial charge on any atom is 0.410 e. The highest BCUT2D eigenvalue weighted by Gasteiger charge is 2.42. The smallest absolute Gasteiger partial charge is 0.410 e. The molecule has 33 heavy (non-hydrogen) atoms. The standard InChI is InChI=1S/C20H29NO2.C5H13N.C2H6.CH4O/c1-14-12-16-6-7-20(17(16)13-15(14)2)8-10-21(11-9-20)18(22)23-19(3,4)5;1-4-6-5(2)3;2*1-2/h12-13H,6-11H2,1-5H3;5-6H,4H2,1-3H3;1-2H3;2H,1H3. The lowest BCUT2D eigenvalue weighted by Gasteiger charge is -2.40. The first-order valence-electron chi connectivity index (χ1n) is 12.7. The molecule has 1 aromatic carbocycles. The summed E-state index contributed by atoms with van der Waals surface area (Å²) in [4.78, 5) is 14.1. The Morgan fingerprint density at radius 3 is 2.03 bits per heavy atom. The van der Waals surface area contributed by atoms with Crippen LogP contribution in [0.3, 0.4) is 0 Å². The predicted molar refractivity (Wildman–Crippen MR) is 141 cm³/mol. The molecule has 2 N–H and O–H groups in total. The number of hydrogen-bond acceptors (Lipinski definition) is 4. The van der Waals surface area contributed by atoms with E-state index in [1.807, 2.05) is 39.5 Å². The minimum atomic E-state index is -0.416. The largest absolute Gasteiger partial charge is 0.444 e. The fourth-order valence-corrected chi connectivity index (χ4v) is 4.46. The van der Waals surface area contributed by atoms with Crippen LogP contribution < -0.4 is 5.32 Å². The van der Waals surface area contributed by atoms with E-state index >= 15 is 0 Å². The zero-order valence-corrected chi connectivity index (χ0v) is 23.4. The summed E-state index contributed by atoms with van der Waals surface area (Å²) < 4.78 is 5.52. The van der Waals surface area contributed by atoms with Crippen LogP contribution in [0.25, 0.3) is 0 Å². The van der Waals surface area contributed by atoms with Crippen LogP contribution in [0.1, 0.15) is 96.9 Å². The number of rotatable bonds is 2. The van der Waals surface area contributed by atoms with Gasteiger partial charge in [0.15, 0.2) is 0 Å². The lowest BCUT2D eigenvalue weighted by atomic mass is 9.73. The number of nitrogens with one attached hydrogen (secondary N) is 1. The van der Waals surface area contributed by atoms with E-state index in [4.69, 9.17) is 9.84 Å². The number of hydrogen-bond donors (Lipinski definition) is 2. The third-order valence-corrected chi connectivity index (χ3v) is 6.15. The molecule has 1 aromatic rings. The Bertz CT molecular complexity index is 700. The fraction of sp³-hybridized carbons (Fsp3) is 0.750. The highest BCUT2D eigenvalue weighted by Crippen LogP contribution is 2.47. The van der Waals surface area contributed by atoms with Crippen molar-refractivity contribution in [2.24, 2.45) is 0 Å². The van der Waals surface area contributed by atoms with Gasteiger partial charge in [-0.15, -0.1) is 0 Å². The number of ether oxygens (including phenoxy) is 1. The molecule has 0 unspecified atom stereocenters. The molecule has 1 fully saturated rings. The summed E-state index contributed by atoms with van der Waals surface area (Å²) in [6, 6.07) is 5.43. The molecule has 0 aromatic heterocycles. The third-order valence-electron chi connectivity index (χ3n) is 6.15. The number of likely N-dealkylation sites (tertiary alicyclic amines) is 1.